The van der Waals surface area contributed by atoms with Crippen LogP contribution in [-0.4, -0.2) is 88.9 Å². The van der Waals surface area contributed by atoms with E-state index >= 15 is 0 Å². The predicted molar refractivity (Wildman–Crippen MR) is 118 cm³/mol. The summed E-state index contributed by atoms with van der Waals surface area (Å²) in [6, 6.07) is 4.43. The first kappa shape index (κ1) is 23.7. The molecule has 1 aromatic rings. The minimum absolute atomic E-state index is 0.0547. The number of aliphatic carboxylic acids is 2. The van der Waals surface area contributed by atoms with Crippen molar-refractivity contribution in [1.82, 2.24) is 15.5 Å². The SMILES string of the molecule is CN1C(CNc2ccc(C(=O)N[C@H](CCC(=O)O)C(=O)O)cc2)CNC2=NC(N)=NC(=O)C21. The minimum atomic E-state index is -1.30. The maximum Gasteiger partial charge on any atom is 0.326 e. The molecule has 1 aromatic carbocycles. The highest BCUT2D eigenvalue weighted by Crippen LogP contribution is 2.16. The van der Waals surface area contributed by atoms with Gasteiger partial charge in [0.25, 0.3) is 11.8 Å². The number of guanidine groups is 1. The second kappa shape index (κ2) is 10.1. The lowest BCUT2D eigenvalue weighted by Crippen LogP contribution is -2.64. The van der Waals surface area contributed by atoms with Crippen molar-refractivity contribution >= 4 is 41.2 Å². The number of aliphatic imine (C=N–C) groups is 2. The number of rotatable bonds is 9. The summed E-state index contributed by atoms with van der Waals surface area (Å²) in [6.45, 7) is 1.02. The van der Waals surface area contributed by atoms with Crippen molar-refractivity contribution in [3.05, 3.63) is 29.8 Å². The van der Waals surface area contributed by atoms with Gasteiger partial charge >= 0.3 is 11.9 Å². The molecule has 2 amide bonds. The number of hydrogen-bond donors (Lipinski definition) is 6. The molecule has 2 aliphatic heterocycles. The van der Waals surface area contributed by atoms with Gasteiger partial charge in [-0.05, 0) is 37.7 Å². The van der Waals surface area contributed by atoms with Crippen molar-refractivity contribution in [3.8, 4) is 0 Å². The van der Waals surface area contributed by atoms with Crippen LogP contribution in [-0.2, 0) is 14.4 Å². The Morgan fingerprint density at radius 2 is 1.94 bits per heavy atom. The zero-order valence-electron chi connectivity index (χ0n) is 17.8. The number of carbonyl (C=O) groups is 4. The van der Waals surface area contributed by atoms with E-state index in [2.05, 4.69) is 25.9 Å². The van der Waals surface area contributed by atoms with Crippen LogP contribution in [0.15, 0.2) is 34.3 Å². The third kappa shape index (κ3) is 5.83. The molecule has 13 heteroatoms. The molecule has 0 saturated carbocycles. The number of anilines is 1. The molecular weight excluding hydrogens is 434 g/mol. The molecule has 176 valence electrons. The summed E-state index contributed by atoms with van der Waals surface area (Å²) < 4.78 is 0. The first-order valence-corrected chi connectivity index (χ1v) is 10.2. The van der Waals surface area contributed by atoms with Crippen LogP contribution in [0.5, 0.6) is 0 Å². The zero-order valence-corrected chi connectivity index (χ0v) is 17.8. The molecule has 0 radical (unpaired) electrons. The Morgan fingerprint density at radius 1 is 1.24 bits per heavy atom. The van der Waals surface area contributed by atoms with Crippen LogP contribution in [0.3, 0.4) is 0 Å². The number of fused-ring (bicyclic) bond motifs is 1. The second-order valence-corrected chi connectivity index (χ2v) is 7.66. The molecule has 2 aliphatic rings. The number of carboxylic acid groups (broad SMARTS) is 2. The van der Waals surface area contributed by atoms with Gasteiger partial charge in [-0.2, -0.15) is 9.98 Å². The highest BCUT2D eigenvalue weighted by molar-refractivity contribution is 6.17. The largest absolute Gasteiger partial charge is 0.481 e. The van der Waals surface area contributed by atoms with Gasteiger partial charge in [-0.3, -0.25) is 19.3 Å². The van der Waals surface area contributed by atoms with Crippen LogP contribution >= 0.6 is 0 Å². The lowest BCUT2D eigenvalue weighted by atomic mass is 10.1. The smallest absolute Gasteiger partial charge is 0.326 e. The zero-order chi connectivity index (χ0) is 24.1. The van der Waals surface area contributed by atoms with Gasteiger partial charge in [-0.15, -0.1) is 0 Å². The fourth-order valence-electron chi connectivity index (χ4n) is 3.54. The van der Waals surface area contributed by atoms with E-state index in [1.54, 1.807) is 19.2 Å². The fourth-order valence-corrected chi connectivity index (χ4v) is 3.54. The van der Waals surface area contributed by atoms with Gasteiger partial charge < -0.3 is 31.9 Å². The summed E-state index contributed by atoms with van der Waals surface area (Å²) in [4.78, 5) is 56.1. The van der Waals surface area contributed by atoms with E-state index in [1.165, 1.54) is 12.1 Å². The quantitative estimate of drug-likeness (QED) is 0.257. The standard InChI is InChI=1S/C20H25N7O6/c1-27-12(9-23-16-15(27)18(31)26-20(21)25-16)8-22-11-4-2-10(3-5-11)17(30)24-13(19(32)33)6-7-14(28)29/h2-5,12-13,15,22H,6-9H2,1H3,(H,24,30)(H,28,29)(H,32,33)(H3,21,23,25,26,31)/t12?,13-,15?/m1/s1. The van der Waals surface area contributed by atoms with Crippen LogP contribution < -0.4 is 21.7 Å². The van der Waals surface area contributed by atoms with E-state index in [0.717, 1.165) is 5.69 Å². The molecular formula is C20H25N7O6. The van der Waals surface area contributed by atoms with Crippen LogP contribution in [0.1, 0.15) is 23.2 Å². The number of benzene rings is 1. The number of likely N-dealkylation sites (N-methyl/N-ethyl adjacent to an activating group) is 1. The number of piperazine rings is 1. The number of hydrogen-bond acceptors (Lipinski definition) is 9. The van der Waals surface area contributed by atoms with E-state index in [4.69, 9.17) is 10.8 Å². The number of nitrogens with zero attached hydrogens (tertiary/aromatic N) is 3. The minimum Gasteiger partial charge on any atom is -0.481 e. The fraction of sp³-hybridized carbons (Fsp3) is 0.400. The van der Waals surface area contributed by atoms with E-state index in [0.29, 0.717) is 18.9 Å². The van der Waals surface area contributed by atoms with Crippen LogP contribution in [0.25, 0.3) is 0 Å². The molecule has 33 heavy (non-hydrogen) atoms. The summed E-state index contributed by atoms with van der Waals surface area (Å²) >= 11 is 0. The topological polar surface area (TPSA) is 199 Å². The van der Waals surface area contributed by atoms with E-state index in [-0.39, 0.29) is 36.3 Å². The molecule has 0 aliphatic carbocycles. The molecule has 7 N–H and O–H groups in total. The highest BCUT2D eigenvalue weighted by atomic mass is 16.4. The third-order valence-electron chi connectivity index (χ3n) is 5.39. The third-order valence-corrected chi connectivity index (χ3v) is 5.39. The Balaban J connectivity index is 1.55. The van der Waals surface area contributed by atoms with E-state index in [9.17, 15) is 24.3 Å². The number of nitrogens with one attached hydrogen (secondary N) is 3. The van der Waals surface area contributed by atoms with Gasteiger partial charge in [0, 0.05) is 36.8 Å². The molecule has 13 nitrogen and oxygen atoms in total. The molecule has 3 atom stereocenters. The van der Waals surface area contributed by atoms with Gasteiger partial charge in [0.2, 0.25) is 5.96 Å². The van der Waals surface area contributed by atoms with Crippen molar-refractivity contribution in [3.63, 3.8) is 0 Å². The van der Waals surface area contributed by atoms with Crippen molar-refractivity contribution in [2.75, 3.05) is 25.5 Å². The lowest BCUT2D eigenvalue weighted by Gasteiger charge is -2.40. The summed E-state index contributed by atoms with van der Waals surface area (Å²) in [5.41, 5.74) is 6.50. The van der Waals surface area contributed by atoms with E-state index in [1.807, 2.05) is 4.90 Å². The van der Waals surface area contributed by atoms with Crippen LogP contribution in [0.4, 0.5) is 5.69 Å². The van der Waals surface area contributed by atoms with Crippen LogP contribution in [0.2, 0.25) is 0 Å². The number of amidine groups is 1. The Labute approximate surface area is 188 Å². The lowest BCUT2D eigenvalue weighted by molar-refractivity contribution is -0.140. The highest BCUT2D eigenvalue weighted by Gasteiger charge is 2.39. The monoisotopic (exact) mass is 459 g/mol. The molecule has 0 bridgehead atoms. The number of carboxylic acids is 2. The van der Waals surface area contributed by atoms with Gasteiger partial charge in [-0.1, -0.05) is 0 Å². The van der Waals surface area contributed by atoms with Gasteiger partial charge in [-0.25, -0.2) is 4.79 Å². The Kier molecular flexibility index (Phi) is 7.23. The number of amides is 2. The molecule has 0 aromatic heterocycles. The first-order chi connectivity index (χ1) is 15.7. The number of nitrogens with two attached hydrogens (primary N) is 1. The molecule has 1 fully saturated rings. The Bertz CT molecular complexity index is 1010. The van der Waals surface area contributed by atoms with E-state index < -0.39 is 29.9 Å². The van der Waals surface area contributed by atoms with Crippen molar-refractivity contribution in [2.45, 2.75) is 31.0 Å². The molecule has 3 rings (SSSR count). The Hall–Kier alpha value is -4.00. The predicted octanol–water partition coefficient (Wildman–Crippen LogP) is -1.33. The Morgan fingerprint density at radius 3 is 2.58 bits per heavy atom. The van der Waals surface area contributed by atoms with Crippen molar-refractivity contribution < 1.29 is 29.4 Å². The van der Waals surface area contributed by atoms with Crippen molar-refractivity contribution in [1.29, 1.82) is 0 Å². The first-order valence-electron chi connectivity index (χ1n) is 10.2. The summed E-state index contributed by atoms with van der Waals surface area (Å²) in [5.74, 6) is -3.02. The second-order valence-electron chi connectivity index (χ2n) is 7.66. The van der Waals surface area contributed by atoms with Gasteiger partial charge in [0.15, 0.2) is 6.04 Å². The van der Waals surface area contributed by atoms with Gasteiger partial charge in [0.05, 0.1) is 0 Å². The summed E-state index contributed by atoms with van der Waals surface area (Å²) in [7, 11) is 1.80. The van der Waals surface area contributed by atoms with Crippen molar-refractivity contribution in [2.24, 2.45) is 15.7 Å². The maximum absolute atomic E-state index is 12.3. The molecule has 2 heterocycles. The van der Waals surface area contributed by atoms with Crippen LogP contribution in [0, 0.1) is 0 Å². The average molecular weight is 459 g/mol. The molecule has 2 unspecified atom stereocenters. The molecule has 1 saturated heterocycles. The number of carbonyl (C=O) groups excluding carboxylic acids is 2. The maximum atomic E-state index is 12.3. The summed E-state index contributed by atoms with van der Waals surface area (Å²) in [5, 5.41) is 26.6. The van der Waals surface area contributed by atoms with Gasteiger partial charge in [0.1, 0.15) is 11.9 Å². The molecule has 0 spiro atoms. The normalized spacial score (nSPS) is 21.1. The summed E-state index contributed by atoms with van der Waals surface area (Å²) in [6.07, 6.45) is -0.586. The average Bonchev–Trinajstić information content (AvgIpc) is 2.75.